The number of hydrogen-bond acceptors (Lipinski definition) is 7. The van der Waals surface area contributed by atoms with Gasteiger partial charge in [0.25, 0.3) is 10.0 Å². The Balaban J connectivity index is 1.47. The molecule has 1 aromatic carbocycles. The first-order chi connectivity index (χ1) is 13.9. The second-order valence-electron chi connectivity index (χ2n) is 6.83. The highest BCUT2D eigenvalue weighted by atomic mass is 32.2. The van der Waals surface area contributed by atoms with E-state index in [1.165, 1.54) is 15.6 Å². The number of thiophene rings is 1. The first kappa shape index (κ1) is 19.7. The van der Waals surface area contributed by atoms with Crippen LogP contribution in [0.2, 0.25) is 0 Å². The number of amides is 1. The molecule has 0 aliphatic carbocycles. The molecule has 1 amide bonds. The predicted molar refractivity (Wildman–Crippen MR) is 109 cm³/mol. The molecule has 4 rings (SSSR count). The molecule has 152 valence electrons. The van der Waals surface area contributed by atoms with Gasteiger partial charge >= 0.3 is 0 Å². The lowest BCUT2D eigenvalue weighted by Gasteiger charge is -2.30. The van der Waals surface area contributed by atoms with Gasteiger partial charge in [-0.05, 0) is 46.8 Å². The fourth-order valence-electron chi connectivity index (χ4n) is 3.37. The van der Waals surface area contributed by atoms with Crippen molar-refractivity contribution in [3.8, 4) is 11.4 Å². The lowest BCUT2D eigenvalue weighted by Crippen LogP contribution is -2.43. The molecule has 29 heavy (non-hydrogen) atoms. The highest BCUT2D eigenvalue weighted by Gasteiger charge is 2.33. The molecule has 1 aliphatic rings. The van der Waals surface area contributed by atoms with Gasteiger partial charge in [0.1, 0.15) is 4.21 Å². The fraction of sp³-hybridized carbons (Fsp3) is 0.333. The molecule has 0 saturated carbocycles. The van der Waals surface area contributed by atoms with Gasteiger partial charge in [0.2, 0.25) is 5.91 Å². The van der Waals surface area contributed by atoms with Gasteiger partial charge in [-0.15, -0.1) is 16.4 Å². The maximum atomic E-state index is 12.8. The smallest absolute Gasteiger partial charge is 0.252 e. The Morgan fingerprint density at radius 2 is 2.14 bits per heavy atom. The number of sulfonamides is 1. The molecular formula is C18H20N6O3S2. The van der Waals surface area contributed by atoms with Gasteiger partial charge < -0.3 is 5.32 Å². The van der Waals surface area contributed by atoms with E-state index in [0.29, 0.717) is 35.1 Å². The number of carbonyl (C=O) groups is 1. The summed E-state index contributed by atoms with van der Waals surface area (Å²) in [6.07, 6.45) is 1.29. The van der Waals surface area contributed by atoms with Gasteiger partial charge in [-0.3, -0.25) is 4.79 Å². The van der Waals surface area contributed by atoms with E-state index in [9.17, 15) is 13.2 Å². The van der Waals surface area contributed by atoms with Crippen molar-refractivity contribution in [1.29, 1.82) is 0 Å². The van der Waals surface area contributed by atoms with Crippen LogP contribution in [0.15, 0.2) is 46.0 Å². The summed E-state index contributed by atoms with van der Waals surface area (Å²) in [6, 6.07) is 10.6. The summed E-state index contributed by atoms with van der Waals surface area (Å²) in [5.74, 6) is -0.00469. The van der Waals surface area contributed by atoms with E-state index in [0.717, 1.165) is 5.56 Å². The van der Waals surface area contributed by atoms with Crippen LogP contribution in [-0.2, 0) is 21.9 Å². The molecule has 0 unspecified atom stereocenters. The number of tetrazole rings is 1. The van der Waals surface area contributed by atoms with Gasteiger partial charge in [0, 0.05) is 31.4 Å². The molecule has 0 radical (unpaired) electrons. The number of nitrogens with one attached hydrogen (secondary N) is 1. The monoisotopic (exact) mass is 432 g/mol. The van der Waals surface area contributed by atoms with E-state index >= 15 is 0 Å². The lowest BCUT2D eigenvalue weighted by atomic mass is 9.98. The first-order valence-corrected chi connectivity index (χ1v) is 11.4. The van der Waals surface area contributed by atoms with Crippen molar-refractivity contribution in [2.45, 2.75) is 17.1 Å². The Morgan fingerprint density at radius 1 is 1.28 bits per heavy atom. The number of nitrogens with zero attached hydrogens (tertiary/aromatic N) is 5. The van der Waals surface area contributed by atoms with Crippen LogP contribution in [0.1, 0.15) is 12.8 Å². The van der Waals surface area contributed by atoms with Crippen LogP contribution < -0.4 is 5.32 Å². The number of aryl methyl sites for hydroxylation is 1. The lowest BCUT2D eigenvalue weighted by molar-refractivity contribution is -0.120. The third kappa shape index (κ3) is 4.07. The zero-order chi connectivity index (χ0) is 20.4. The minimum atomic E-state index is -3.55. The molecule has 2 aromatic heterocycles. The van der Waals surface area contributed by atoms with Crippen molar-refractivity contribution in [3.05, 3.63) is 41.8 Å². The zero-order valence-electron chi connectivity index (χ0n) is 15.7. The third-order valence-electron chi connectivity index (χ3n) is 4.85. The molecule has 11 heteroatoms. The van der Waals surface area contributed by atoms with E-state index in [4.69, 9.17) is 0 Å². The number of anilines is 1. The Kier molecular flexibility index (Phi) is 5.43. The minimum absolute atomic E-state index is 0.180. The van der Waals surface area contributed by atoms with Gasteiger partial charge in [-0.2, -0.15) is 4.31 Å². The average Bonchev–Trinajstić information content (AvgIpc) is 3.40. The number of aromatic nitrogens is 4. The van der Waals surface area contributed by atoms with Crippen molar-refractivity contribution in [3.63, 3.8) is 0 Å². The molecule has 3 heterocycles. The largest absolute Gasteiger partial charge is 0.326 e. The van der Waals surface area contributed by atoms with Crippen molar-refractivity contribution in [1.82, 2.24) is 24.5 Å². The third-order valence-corrected chi connectivity index (χ3v) is 8.09. The number of benzene rings is 1. The number of piperidine rings is 1. The van der Waals surface area contributed by atoms with Crippen LogP contribution in [0.4, 0.5) is 5.69 Å². The molecule has 9 nitrogen and oxygen atoms in total. The van der Waals surface area contributed by atoms with Gasteiger partial charge in [0.05, 0.1) is 5.92 Å². The van der Waals surface area contributed by atoms with Crippen LogP contribution in [0.3, 0.4) is 0 Å². The maximum Gasteiger partial charge on any atom is 0.252 e. The van der Waals surface area contributed by atoms with Crippen molar-refractivity contribution in [2.24, 2.45) is 13.0 Å². The van der Waals surface area contributed by atoms with Crippen LogP contribution >= 0.6 is 11.3 Å². The predicted octanol–water partition coefficient (Wildman–Crippen LogP) is 1.98. The van der Waals surface area contributed by atoms with E-state index in [2.05, 4.69) is 20.8 Å². The minimum Gasteiger partial charge on any atom is -0.326 e. The number of carbonyl (C=O) groups excluding carboxylic acids is 1. The molecule has 1 aliphatic heterocycles. The summed E-state index contributed by atoms with van der Waals surface area (Å²) in [5, 5.41) is 16.1. The normalized spacial score (nSPS) is 17.9. The fourth-order valence-corrected chi connectivity index (χ4v) is 6.03. The number of hydrogen-bond donors (Lipinski definition) is 1. The number of rotatable bonds is 5. The van der Waals surface area contributed by atoms with Gasteiger partial charge in [-0.1, -0.05) is 18.2 Å². The van der Waals surface area contributed by atoms with Crippen molar-refractivity contribution in [2.75, 3.05) is 18.4 Å². The molecule has 1 fully saturated rings. The van der Waals surface area contributed by atoms with Crippen molar-refractivity contribution < 1.29 is 13.2 Å². The topological polar surface area (TPSA) is 110 Å². The Morgan fingerprint density at radius 3 is 2.86 bits per heavy atom. The standard InChI is InChI=1S/C18H20N6O3S2/c1-23-17(20-21-22-23)13-5-2-7-15(11-13)19-18(25)14-6-3-9-24(12-14)29(26,27)16-8-4-10-28-16/h2,4-5,7-8,10-11,14H,3,6,9,12H2,1H3,(H,19,25)/t14-/m0/s1. The molecule has 0 bridgehead atoms. The first-order valence-electron chi connectivity index (χ1n) is 9.12. The highest BCUT2D eigenvalue weighted by Crippen LogP contribution is 2.27. The summed E-state index contributed by atoms with van der Waals surface area (Å²) in [7, 11) is -1.81. The summed E-state index contributed by atoms with van der Waals surface area (Å²) < 4.78 is 28.8. The second-order valence-corrected chi connectivity index (χ2v) is 9.94. The maximum absolute atomic E-state index is 12.8. The van der Waals surface area contributed by atoms with Crippen molar-refractivity contribution >= 4 is 33.0 Å². The Labute approximate surface area is 172 Å². The average molecular weight is 433 g/mol. The molecule has 1 saturated heterocycles. The molecule has 3 aromatic rings. The van der Waals surface area contributed by atoms with Gasteiger partial charge in [0.15, 0.2) is 5.82 Å². The van der Waals surface area contributed by atoms with Crippen LogP contribution in [0, 0.1) is 5.92 Å². The summed E-state index contributed by atoms with van der Waals surface area (Å²) in [5.41, 5.74) is 1.40. The molecule has 0 spiro atoms. The zero-order valence-corrected chi connectivity index (χ0v) is 17.4. The van der Waals surface area contributed by atoms with Crippen LogP contribution in [0.5, 0.6) is 0 Å². The Bertz CT molecular complexity index is 1110. The van der Waals surface area contributed by atoms with Gasteiger partial charge in [-0.25, -0.2) is 13.1 Å². The van der Waals surface area contributed by atoms with E-state index < -0.39 is 15.9 Å². The molecule has 1 N–H and O–H groups in total. The van der Waals surface area contributed by atoms with Crippen LogP contribution in [0.25, 0.3) is 11.4 Å². The van der Waals surface area contributed by atoms with E-state index in [-0.39, 0.29) is 12.5 Å². The second kappa shape index (κ2) is 8.01. The Hall–Kier alpha value is -2.63. The molecule has 1 atom stereocenters. The molecular weight excluding hydrogens is 412 g/mol. The van der Waals surface area contributed by atoms with Crippen LogP contribution in [-0.4, -0.2) is 51.9 Å². The van der Waals surface area contributed by atoms with E-state index in [1.807, 2.05) is 12.1 Å². The van der Waals surface area contributed by atoms with E-state index in [1.54, 1.807) is 41.4 Å². The summed E-state index contributed by atoms with van der Waals surface area (Å²) in [6.45, 7) is 0.609. The quantitative estimate of drug-likeness (QED) is 0.660. The SMILES string of the molecule is Cn1nnnc1-c1cccc(NC(=O)[C@H]2CCCN(S(=O)(=O)c3cccs3)C2)c1. The highest BCUT2D eigenvalue weighted by molar-refractivity contribution is 7.91. The summed E-state index contributed by atoms with van der Waals surface area (Å²) in [4.78, 5) is 12.8. The summed E-state index contributed by atoms with van der Waals surface area (Å²) >= 11 is 1.19.